The molecule has 0 saturated carbocycles. The fourth-order valence-electron chi connectivity index (χ4n) is 1.55. The average Bonchev–Trinajstić information content (AvgIpc) is 2.14. The Labute approximate surface area is 84.2 Å². The van der Waals surface area contributed by atoms with Crippen LogP contribution in [0.15, 0.2) is 0 Å². The smallest absolute Gasteiger partial charge is 0.410 e. The van der Waals surface area contributed by atoms with Gasteiger partial charge in [-0.05, 0) is 12.8 Å². The maximum atomic E-state index is 11.7. The van der Waals surface area contributed by atoms with Crippen molar-refractivity contribution in [2.75, 3.05) is 13.7 Å². The lowest BCUT2D eigenvalue weighted by Gasteiger charge is -2.39. The first-order valence-corrected chi connectivity index (χ1v) is 5.00. The Kier molecular flexibility index (Phi) is 3.49. The van der Waals surface area contributed by atoms with E-state index in [0.717, 1.165) is 12.8 Å². The molecule has 0 bridgehead atoms. The van der Waals surface area contributed by atoms with Crippen molar-refractivity contribution in [2.24, 2.45) is 5.92 Å². The van der Waals surface area contributed by atoms with Crippen LogP contribution in [0.25, 0.3) is 0 Å². The van der Waals surface area contributed by atoms with Crippen LogP contribution in [0.2, 0.25) is 0 Å². The van der Waals surface area contributed by atoms with Crippen LogP contribution < -0.4 is 0 Å². The Hall–Kier alpha value is -1.06. The summed E-state index contributed by atoms with van der Waals surface area (Å²) >= 11 is 0. The van der Waals surface area contributed by atoms with E-state index in [1.54, 1.807) is 0 Å². The maximum Gasteiger partial charge on any atom is 0.410 e. The highest BCUT2D eigenvalue weighted by molar-refractivity contribution is 5.90. The highest BCUT2D eigenvalue weighted by Gasteiger charge is 2.39. The van der Waals surface area contributed by atoms with Gasteiger partial charge in [-0.1, -0.05) is 13.8 Å². The minimum atomic E-state index is -0.391. The van der Waals surface area contributed by atoms with Crippen LogP contribution in [0.5, 0.6) is 0 Å². The zero-order valence-corrected chi connectivity index (χ0v) is 8.95. The lowest BCUT2D eigenvalue weighted by molar-refractivity contribution is -0.131. The summed E-state index contributed by atoms with van der Waals surface area (Å²) < 4.78 is 4.58. The van der Waals surface area contributed by atoms with Crippen LogP contribution in [-0.4, -0.2) is 36.5 Å². The fourth-order valence-corrected chi connectivity index (χ4v) is 1.55. The first-order chi connectivity index (χ1) is 6.61. The van der Waals surface area contributed by atoms with E-state index in [9.17, 15) is 9.59 Å². The first kappa shape index (κ1) is 11.0. The number of ketones is 1. The molecule has 0 aromatic heterocycles. The van der Waals surface area contributed by atoms with Gasteiger partial charge in [0.05, 0.1) is 13.2 Å². The van der Waals surface area contributed by atoms with Crippen LogP contribution in [-0.2, 0) is 9.53 Å². The number of rotatable bonds is 3. The van der Waals surface area contributed by atoms with Crippen molar-refractivity contribution >= 4 is 11.9 Å². The van der Waals surface area contributed by atoms with Gasteiger partial charge < -0.3 is 4.74 Å². The zero-order chi connectivity index (χ0) is 10.7. The molecule has 1 rings (SSSR count). The van der Waals surface area contributed by atoms with Gasteiger partial charge >= 0.3 is 6.09 Å². The van der Waals surface area contributed by atoms with Crippen molar-refractivity contribution in [3.8, 4) is 0 Å². The summed E-state index contributed by atoms with van der Waals surface area (Å²) in [6.45, 7) is 4.51. The van der Waals surface area contributed by atoms with Crippen LogP contribution in [0, 0.1) is 5.92 Å². The molecule has 1 fully saturated rings. The second-order valence-electron chi connectivity index (χ2n) is 3.68. The molecule has 0 N–H and O–H groups in total. The number of hydrogen-bond donors (Lipinski definition) is 0. The summed E-state index contributed by atoms with van der Waals surface area (Å²) in [4.78, 5) is 24.4. The molecule has 2 atom stereocenters. The highest BCUT2D eigenvalue weighted by atomic mass is 16.5. The van der Waals surface area contributed by atoms with E-state index in [2.05, 4.69) is 4.74 Å². The van der Waals surface area contributed by atoms with Gasteiger partial charge in [-0.2, -0.15) is 0 Å². The Morgan fingerprint density at radius 2 is 2.21 bits per heavy atom. The molecule has 1 aliphatic heterocycles. The van der Waals surface area contributed by atoms with E-state index >= 15 is 0 Å². The van der Waals surface area contributed by atoms with Gasteiger partial charge in [-0.25, -0.2) is 4.79 Å². The third-order valence-corrected chi connectivity index (χ3v) is 2.86. The molecule has 0 aliphatic carbocycles. The summed E-state index contributed by atoms with van der Waals surface area (Å²) in [5, 5.41) is 0. The number of likely N-dealkylation sites (tertiary alicyclic amines) is 1. The first-order valence-electron chi connectivity index (χ1n) is 5.00. The Balaban J connectivity index is 2.54. The van der Waals surface area contributed by atoms with E-state index in [1.165, 1.54) is 12.0 Å². The molecule has 80 valence electrons. The topological polar surface area (TPSA) is 46.6 Å². The van der Waals surface area contributed by atoms with Gasteiger partial charge in [-0.3, -0.25) is 9.69 Å². The SMILES string of the molecule is CCC(C)C(=O)C1CCN1C(=O)OC. The summed E-state index contributed by atoms with van der Waals surface area (Å²) in [5.41, 5.74) is 0. The molecule has 0 radical (unpaired) electrons. The number of carbonyl (C=O) groups is 2. The number of nitrogens with zero attached hydrogens (tertiary/aromatic N) is 1. The van der Waals surface area contributed by atoms with Gasteiger partial charge in [-0.15, -0.1) is 0 Å². The number of amides is 1. The van der Waals surface area contributed by atoms with E-state index in [4.69, 9.17) is 0 Å². The molecule has 1 heterocycles. The molecule has 1 amide bonds. The number of carbonyl (C=O) groups excluding carboxylic acids is 2. The van der Waals surface area contributed by atoms with Crippen molar-refractivity contribution < 1.29 is 14.3 Å². The fraction of sp³-hybridized carbons (Fsp3) is 0.800. The quantitative estimate of drug-likeness (QED) is 0.691. The van der Waals surface area contributed by atoms with Crippen molar-refractivity contribution in [3.05, 3.63) is 0 Å². The predicted octanol–water partition coefficient (Wildman–Crippen LogP) is 1.44. The second-order valence-corrected chi connectivity index (χ2v) is 3.68. The zero-order valence-electron chi connectivity index (χ0n) is 8.95. The van der Waals surface area contributed by atoms with Gasteiger partial charge in [0.1, 0.15) is 0 Å². The van der Waals surface area contributed by atoms with Crippen LogP contribution in [0.4, 0.5) is 4.79 Å². The molecule has 4 heteroatoms. The van der Waals surface area contributed by atoms with Crippen LogP contribution in [0.1, 0.15) is 26.7 Å². The van der Waals surface area contributed by atoms with Crippen LogP contribution >= 0.6 is 0 Å². The maximum absolute atomic E-state index is 11.7. The number of Topliss-reactive ketones (excluding diaryl/α,β-unsaturated/α-hetero) is 1. The monoisotopic (exact) mass is 199 g/mol. The molecule has 2 unspecified atom stereocenters. The molecular weight excluding hydrogens is 182 g/mol. The Morgan fingerprint density at radius 1 is 1.57 bits per heavy atom. The minimum Gasteiger partial charge on any atom is -0.453 e. The van der Waals surface area contributed by atoms with E-state index in [0.29, 0.717) is 6.54 Å². The predicted molar refractivity (Wildman–Crippen MR) is 52.0 cm³/mol. The molecule has 4 nitrogen and oxygen atoms in total. The minimum absolute atomic E-state index is 0.0347. The Bertz CT molecular complexity index is 240. The normalized spacial score (nSPS) is 22.5. The van der Waals surface area contributed by atoms with E-state index in [1.807, 2.05) is 13.8 Å². The third-order valence-electron chi connectivity index (χ3n) is 2.86. The van der Waals surface area contributed by atoms with Gasteiger partial charge in [0.15, 0.2) is 5.78 Å². The number of hydrogen-bond acceptors (Lipinski definition) is 3. The van der Waals surface area contributed by atoms with Crippen molar-refractivity contribution in [1.29, 1.82) is 0 Å². The molecule has 0 aromatic carbocycles. The summed E-state index contributed by atoms with van der Waals surface area (Å²) in [6, 6.07) is -0.239. The van der Waals surface area contributed by atoms with Crippen molar-refractivity contribution in [1.82, 2.24) is 4.90 Å². The van der Waals surface area contributed by atoms with Crippen molar-refractivity contribution in [3.63, 3.8) is 0 Å². The molecule has 14 heavy (non-hydrogen) atoms. The summed E-state index contributed by atoms with van der Waals surface area (Å²) in [5.74, 6) is 0.191. The largest absolute Gasteiger partial charge is 0.453 e. The summed E-state index contributed by atoms with van der Waals surface area (Å²) in [6.07, 6.45) is 1.21. The molecule has 0 aromatic rings. The average molecular weight is 199 g/mol. The van der Waals surface area contributed by atoms with Gasteiger partial charge in [0, 0.05) is 12.5 Å². The second kappa shape index (κ2) is 4.44. The van der Waals surface area contributed by atoms with Crippen LogP contribution in [0.3, 0.4) is 0 Å². The molecule has 1 saturated heterocycles. The molecular formula is C10H17NO3. The summed E-state index contributed by atoms with van der Waals surface area (Å²) in [7, 11) is 1.34. The lowest BCUT2D eigenvalue weighted by Crippen LogP contribution is -2.56. The number of methoxy groups -OCH3 is 1. The van der Waals surface area contributed by atoms with Crippen molar-refractivity contribution in [2.45, 2.75) is 32.7 Å². The lowest BCUT2D eigenvalue weighted by atomic mass is 9.90. The molecule has 1 aliphatic rings. The highest BCUT2D eigenvalue weighted by Crippen LogP contribution is 2.22. The van der Waals surface area contributed by atoms with Gasteiger partial charge in [0.2, 0.25) is 0 Å². The van der Waals surface area contributed by atoms with E-state index < -0.39 is 6.09 Å². The van der Waals surface area contributed by atoms with Gasteiger partial charge in [0.25, 0.3) is 0 Å². The number of ether oxygens (including phenoxy) is 1. The van der Waals surface area contributed by atoms with E-state index in [-0.39, 0.29) is 17.7 Å². The Morgan fingerprint density at radius 3 is 2.57 bits per heavy atom. The third kappa shape index (κ3) is 1.89. The molecule has 0 spiro atoms. The standard InChI is InChI=1S/C10H17NO3/c1-4-7(2)9(12)8-5-6-11(8)10(13)14-3/h7-8H,4-6H2,1-3H3.